The van der Waals surface area contributed by atoms with E-state index in [1.165, 1.54) is 11.8 Å². The maximum Gasteiger partial charge on any atom is 0.132 e. The molecule has 0 aromatic heterocycles. The summed E-state index contributed by atoms with van der Waals surface area (Å²) in [5.41, 5.74) is 5.24. The molecule has 6 atom stereocenters. The van der Waals surface area contributed by atoms with Crippen LogP contribution in [0, 0.1) is 0 Å². The molecule has 1 fully saturated rings. The van der Waals surface area contributed by atoms with Gasteiger partial charge in [0.2, 0.25) is 0 Å². The van der Waals surface area contributed by atoms with Gasteiger partial charge in [-0.15, -0.1) is 11.8 Å². The van der Waals surface area contributed by atoms with Crippen molar-refractivity contribution in [1.82, 2.24) is 0 Å². The molecule has 0 spiro atoms. The minimum atomic E-state index is -1.20. The minimum Gasteiger partial charge on any atom is -0.388 e. The molecule has 0 saturated carbocycles. The van der Waals surface area contributed by atoms with E-state index in [4.69, 9.17) is 10.5 Å². The van der Waals surface area contributed by atoms with E-state index in [0.717, 1.165) is 0 Å². The van der Waals surface area contributed by atoms with Gasteiger partial charge in [0, 0.05) is 6.04 Å². The lowest BCUT2D eigenvalue weighted by Gasteiger charge is -2.42. The fraction of sp³-hybridized carbons (Fsp3) is 1.00. The van der Waals surface area contributed by atoms with Crippen LogP contribution in [-0.4, -0.2) is 57.5 Å². The Balaban J connectivity index is 2.74. The van der Waals surface area contributed by atoms with Crippen LogP contribution in [0.25, 0.3) is 0 Å². The van der Waals surface area contributed by atoms with E-state index in [0.29, 0.717) is 6.42 Å². The Morgan fingerprint density at radius 1 is 1.27 bits per heavy atom. The van der Waals surface area contributed by atoms with Crippen LogP contribution in [0.1, 0.15) is 13.3 Å². The highest BCUT2D eigenvalue weighted by molar-refractivity contribution is 7.99. The smallest absolute Gasteiger partial charge is 0.132 e. The van der Waals surface area contributed by atoms with Crippen molar-refractivity contribution < 1.29 is 20.1 Å². The molecule has 1 aliphatic rings. The van der Waals surface area contributed by atoms with Crippen molar-refractivity contribution in [2.45, 2.75) is 49.2 Å². The number of aliphatic hydroxyl groups excluding tert-OH is 3. The SMILES string of the molecule is CC[C@@H](N)[C@H]1O[C@H](SC)[C@H](O)[C@@H](O)[C@H]1O. The van der Waals surface area contributed by atoms with Crippen LogP contribution in [0.2, 0.25) is 0 Å². The predicted molar refractivity (Wildman–Crippen MR) is 58.5 cm³/mol. The first-order valence-corrected chi connectivity index (χ1v) is 6.29. The fourth-order valence-corrected chi connectivity index (χ4v) is 2.33. The van der Waals surface area contributed by atoms with Crippen molar-refractivity contribution in [3.8, 4) is 0 Å². The van der Waals surface area contributed by atoms with E-state index in [1.807, 2.05) is 6.92 Å². The van der Waals surface area contributed by atoms with E-state index < -0.39 is 29.9 Å². The highest BCUT2D eigenvalue weighted by Gasteiger charge is 2.44. The highest BCUT2D eigenvalue weighted by atomic mass is 32.2. The van der Waals surface area contributed by atoms with Gasteiger partial charge < -0.3 is 25.8 Å². The molecule has 0 aromatic rings. The molecule has 0 bridgehead atoms. The van der Waals surface area contributed by atoms with E-state index in [-0.39, 0.29) is 6.04 Å². The molecule has 1 saturated heterocycles. The Morgan fingerprint density at radius 3 is 2.33 bits per heavy atom. The summed E-state index contributed by atoms with van der Waals surface area (Å²) < 4.78 is 5.46. The number of hydrogen-bond donors (Lipinski definition) is 4. The molecular weight excluding hydrogens is 218 g/mol. The summed E-state index contributed by atoms with van der Waals surface area (Å²) in [5, 5.41) is 28.9. The Morgan fingerprint density at radius 2 is 1.87 bits per heavy atom. The molecule has 1 rings (SSSR count). The van der Waals surface area contributed by atoms with Crippen molar-refractivity contribution in [3.63, 3.8) is 0 Å². The predicted octanol–water partition coefficient (Wildman–Crippen LogP) is -1.11. The molecule has 6 heteroatoms. The second-order valence-electron chi connectivity index (χ2n) is 3.75. The van der Waals surface area contributed by atoms with Crippen LogP contribution >= 0.6 is 11.8 Å². The molecule has 0 aromatic carbocycles. The Hall–Kier alpha value is 0.150. The van der Waals surface area contributed by atoms with Crippen molar-refractivity contribution >= 4 is 11.8 Å². The number of thioether (sulfide) groups is 1. The molecular formula is C9H19NO4S. The summed E-state index contributed by atoms with van der Waals surface area (Å²) in [6.45, 7) is 1.88. The molecule has 1 aliphatic heterocycles. The Labute approximate surface area is 93.6 Å². The number of hydrogen-bond acceptors (Lipinski definition) is 6. The van der Waals surface area contributed by atoms with Crippen LogP contribution < -0.4 is 5.73 Å². The zero-order valence-corrected chi connectivity index (χ0v) is 9.72. The molecule has 5 N–H and O–H groups in total. The van der Waals surface area contributed by atoms with Crippen molar-refractivity contribution in [2.24, 2.45) is 5.73 Å². The second-order valence-corrected chi connectivity index (χ2v) is 4.68. The molecule has 0 amide bonds. The van der Waals surface area contributed by atoms with Gasteiger partial charge in [0.05, 0.1) is 0 Å². The largest absolute Gasteiger partial charge is 0.388 e. The van der Waals surface area contributed by atoms with Crippen LogP contribution in [-0.2, 0) is 4.74 Å². The van der Waals surface area contributed by atoms with Gasteiger partial charge in [-0.05, 0) is 12.7 Å². The molecule has 5 nitrogen and oxygen atoms in total. The monoisotopic (exact) mass is 237 g/mol. The van der Waals surface area contributed by atoms with E-state index >= 15 is 0 Å². The fourth-order valence-electron chi connectivity index (χ4n) is 1.65. The first kappa shape index (κ1) is 13.2. The van der Waals surface area contributed by atoms with Gasteiger partial charge in [0.15, 0.2) is 0 Å². The molecule has 90 valence electrons. The maximum absolute atomic E-state index is 9.70. The zero-order chi connectivity index (χ0) is 11.6. The maximum atomic E-state index is 9.70. The lowest BCUT2D eigenvalue weighted by Crippen LogP contribution is -2.61. The number of nitrogens with two attached hydrogens (primary N) is 1. The third kappa shape index (κ3) is 2.64. The number of aliphatic hydroxyl groups is 3. The van der Waals surface area contributed by atoms with E-state index in [9.17, 15) is 15.3 Å². The summed E-state index contributed by atoms with van der Waals surface area (Å²) in [7, 11) is 0. The van der Waals surface area contributed by atoms with Crippen LogP contribution in [0.5, 0.6) is 0 Å². The van der Waals surface area contributed by atoms with Gasteiger partial charge in [-0.25, -0.2) is 0 Å². The minimum absolute atomic E-state index is 0.336. The third-order valence-electron chi connectivity index (χ3n) is 2.73. The summed E-state index contributed by atoms with van der Waals surface area (Å²) in [6.07, 6.45) is -1.60. The molecule has 0 radical (unpaired) electrons. The third-order valence-corrected chi connectivity index (χ3v) is 3.59. The number of rotatable bonds is 3. The topological polar surface area (TPSA) is 95.9 Å². The van der Waals surface area contributed by atoms with Crippen molar-refractivity contribution in [2.75, 3.05) is 6.26 Å². The lowest BCUT2D eigenvalue weighted by atomic mass is 9.94. The summed E-state index contributed by atoms with van der Waals surface area (Å²) >= 11 is 1.29. The first-order valence-electron chi connectivity index (χ1n) is 5.01. The van der Waals surface area contributed by atoms with Gasteiger partial charge in [0.25, 0.3) is 0 Å². The zero-order valence-electron chi connectivity index (χ0n) is 8.91. The standard InChI is InChI=1S/C9H19NO4S/c1-3-4(10)8-6(12)5(11)7(13)9(14-8)15-2/h4-9,11-13H,3,10H2,1-2H3/t4-,5+,6-,7-,8-,9-/m1/s1. The summed E-state index contributed by atoms with van der Waals surface area (Å²) in [6, 6.07) is -0.336. The van der Waals surface area contributed by atoms with Gasteiger partial charge in [0.1, 0.15) is 29.9 Å². The molecule has 15 heavy (non-hydrogen) atoms. The van der Waals surface area contributed by atoms with Crippen molar-refractivity contribution in [1.29, 1.82) is 0 Å². The molecule has 0 unspecified atom stereocenters. The first-order chi connectivity index (χ1) is 7.02. The molecule has 1 heterocycles. The van der Waals surface area contributed by atoms with E-state index in [2.05, 4.69) is 0 Å². The molecule has 0 aliphatic carbocycles. The van der Waals surface area contributed by atoms with Gasteiger partial charge >= 0.3 is 0 Å². The van der Waals surface area contributed by atoms with E-state index in [1.54, 1.807) is 6.26 Å². The van der Waals surface area contributed by atoms with Crippen LogP contribution in [0.3, 0.4) is 0 Å². The lowest BCUT2D eigenvalue weighted by molar-refractivity contribution is -0.202. The average molecular weight is 237 g/mol. The summed E-state index contributed by atoms with van der Waals surface area (Å²) in [5.74, 6) is 0. The van der Waals surface area contributed by atoms with Crippen molar-refractivity contribution in [3.05, 3.63) is 0 Å². The van der Waals surface area contributed by atoms with Crippen LogP contribution in [0.4, 0.5) is 0 Å². The average Bonchev–Trinajstić information content (AvgIpc) is 2.25. The Bertz CT molecular complexity index is 205. The Kier molecular flexibility index (Phi) is 4.82. The normalized spacial score (nSPS) is 44.0. The quantitative estimate of drug-likeness (QED) is 0.497. The second kappa shape index (κ2) is 5.47. The van der Waals surface area contributed by atoms with Gasteiger partial charge in [-0.3, -0.25) is 0 Å². The number of ether oxygens (including phenoxy) is 1. The van der Waals surface area contributed by atoms with Crippen LogP contribution in [0.15, 0.2) is 0 Å². The summed E-state index contributed by atoms with van der Waals surface area (Å²) in [4.78, 5) is 0. The van der Waals surface area contributed by atoms with Gasteiger partial charge in [-0.1, -0.05) is 6.92 Å². The van der Waals surface area contributed by atoms with Gasteiger partial charge in [-0.2, -0.15) is 0 Å². The highest BCUT2D eigenvalue weighted by Crippen LogP contribution is 2.28.